The molecule has 0 saturated carbocycles. The molecule has 0 aliphatic rings. The summed E-state index contributed by atoms with van der Waals surface area (Å²) in [6, 6.07) is 11.6. The van der Waals surface area contributed by atoms with Crippen LogP contribution in [0.1, 0.15) is 22.1 Å². The van der Waals surface area contributed by atoms with Crippen LogP contribution in [0.25, 0.3) is 0 Å². The van der Waals surface area contributed by atoms with Crippen molar-refractivity contribution in [2.45, 2.75) is 12.3 Å². The van der Waals surface area contributed by atoms with E-state index in [4.69, 9.17) is 25.8 Å². The smallest absolute Gasteiger partial charge is 0.123 e. The fourth-order valence-corrected chi connectivity index (χ4v) is 2.50. The lowest BCUT2D eigenvalue weighted by atomic mass is 10.0. The molecule has 0 amide bonds. The van der Waals surface area contributed by atoms with Crippen molar-refractivity contribution in [1.29, 1.82) is 0 Å². The molecular weight excluding hydrogens is 288 g/mol. The first-order chi connectivity index (χ1) is 10.1. The highest BCUT2D eigenvalue weighted by molar-refractivity contribution is 6.22. The molecule has 0 spiro atoms. The summed E-state index contributed by atoms with van der Waals surface area (Å²) < 4.78 is 16.0. The molecule has 21 heavy (non-hydrogen) atoms. The molecule has 1 unspecified atom stereocenters. The second-order valence-corrected chi connectivity index (χ2v) is 5.19. The molecule has 0 heterocycles. The van der Waals surface area contributed by atoms with Gasteiger partial charge in [0.1, 0.15) is 17.2 Å². The quantitative estimate of drug-likeness (QED) is 0.769. The minimum absolute atomic E-state index is 0.344. The molecule has 4 heteroatoms. The van der Waals surface area contributed by atoms with Crippen LogP contribution in [0, 0.1) is 6.92 Å². The minimum atomic E-state index is -0.344. The molecule has 2 aromatic carbocycles. The highest BCUT2D eigenvalue weighted by atomic mass is 35.5. The van der Waals surface area contributed by atoms with Crippen LogP contribution in [0.2, 0.25) is 0 Å². The largest absolute Gasteiger partial charge is 0.497 e. The third-order valence-corrected chi connectivity index (χ3v) is 3.81. The third kappa shape index (κ3) is 3.42. The number of rotatable bonds is 5. The molecule has 0 fully saturated rings. The van der Waals surface area contributed by atoms with E-state index < -0.39 is 0 Å². The van der Waals surface area contributed by atoms with Crippen LogP contribution in [-0.2, 0) is 0 Å². The van der Waals surface area contributed by atoms with Gasteiger partial charge in [0.25, 0.3) is 0 Å². The van der Waals surface area contributed by atoms with Gasteiger partial charge >= 0.3 is 0 Å². The lowest BCUT2D eigenvalue weighted by molar-refractivity contribution is 0.393. The molecular formula is C17H19ClO3. The number of halogens is 1. The van der Waals surface area contributed by atoms with E-state index in [1.807, 2.05) is 43.3 Å². The summed E-state index contributed by atoms with van der Waals surface area (Å²) in [7, 11) is 4.88. The highest BCUT2D eigenvalue weighted by Crippen LogP contribution is 2.38. The van der Waals surface area contributed by atoms with E-state index in [0.29, 0.717) is 11.5 Å². The van der Waals surface area contributed by atoms with Gasteiger partial charge in [0, 0.05) is 11.6 Å². The van der Waals surface area contributed by atoms with Crippen molar-refractivity contribution in [2.24, 2.45) is 0 Å². The fourth-order valence-electron chi connectivity index (χ4n) is 2.21. The Morgan fingerprint density at radius 2 is 1.48 bits per heavy atom. The van der Waals surface area contributed by atoms with Gasteiger partial charge in [-0.1, -0.05) is 17.7 Å². The number of hydrogen-bond donors (Lipinski definition) is 0. The zero-order valence-corrected chi connectivity index (χ0v) is 13.4. The maximum Gasteiger partial charge on any atom is 0.123 e. The predicted octanol–water partition coefficient (Wildman–Crippen LogP) is 4.35. The zero-order valence-electron chi connectivity index (χ0n) is 12.6. The van der Waals surface area contributed by atoms with Crippen molar-refractivity contribution in [3.63, 3.8) is 0 Å². The summed E-state index contributed by atoms with van der Waals surface area (Å²) in [5.74, 6) is 2.19. The average molecular weight is 307 g/mol. The minimum Gasteiger partial charge on any atom is -0.497 e. The zero-order chi connectivity index (χ0) is 15.4. The fraction of sp³-hybridized carbons (Fsp3) is 0.294. The Kier molecular flexibility index (Phi) is 4.97. The van der Waals surface area contributed by atoms with E-state index in [1.54, 1.807) is 21.3 Å². The third-order valence-electron chi connectivity index (χ3n) is 3.32. The van der Waals surface area contributed by atoms with Gasteiger partial charge in [-0.3, -0.25) is 0 Å². The molecule has 0 aromatic heterocycles. The van der Waals surface area contributed by atoms with Crippen molar-refractivity contribution in [1.82, 2.24) is 0 Å². The number of ether oxygens (including phenoxy) is 3. The molecule has 0 N–H and O–H groups in total. The second kappa shape index (κ2) is 6.72. The average Bonchev–Trinajstić information content (AvgIpc) is 2.53. The van der Waals surface area contributed by atoms with Gasteiger partial charge in [-0.25, -0.2) is 0 Å². The van der Waals surface area contributed by atoms with Crippen LogP contribution in [0.3, 0.4) is 0 Å². The molecule has 3 nitrogen and oxygen atoms in total. The first kappa shape index (κ1) is 15.5. The highest BCUT2D eigenvalue weighted by Gasteiger charge is 2.18. The van der Waals surface area contributed by atoms with Crippen molar-refractivity contribution in [3.05, 3.63) is 53.1 Å². The normalized spacial score (nSPS) is 11.9. The van der Waals surface area contributed by atoms with Gasteiger partial charge in [-0.15, -0.1) is 11.6 Å². The maximum atomic E-state index is 6.65. The molecule has 0 saturated heterocycles. The maximum absolute atomic E-state index is 6.65. The lowest BCUT2D eigenvalue weighted by Crippen LogP contribution is -1.99. The van der Waals surface area contributed by atoms with E-state index in [2.05, 4.69) is 0 Å². The lowest BCUT2D eigenvalue weighted by Gasteiger charge is -2.17. The second-order valence-electron chi connectivity index (χ2n) is 4.75. The van der Waals surface area contributed by atoms with Crippen LogP contribution in [-0.4, -0.2) is 21.3 Å². The number of benzene rings is 2. The van der Waals surface area contributed by atoms with Crippen molar-refractivity contribution >= 4 is 11.6 Å². The van der Waals surface area contributed by atoms with E-state index in [9.17, 15) is 0 Å². The van der Waals surface area contributed by atoms with Crippen molar-refractivity contribution in [2.75, 3.05) is 21.3 Å². The summed E-state index contributed by atoms with van der Waals surface area (Å²) in [6.45, 7) is 2.03. The number of aryl methyl sites for hydroxylation is 1. The molecule has 112 valence electrons. The Balaban J connectivity index is 2.48. The molecule has 0 radical (unpaired) electrons. The van der Waals surface area contributed by atoms with E-state index >= 15 is 0 Å². The first-order valence-electron chi connectivity index (χ1n) is 6.60. The summed E-state index contributed by atoms with van der Waals surface area (Å²) in [6.07, 6.45) is 0. The Hall–Kier alpha value is -1.87. The van der Waals surface area contributed by atoms with Gasteiger partial charge in [0.2, 0.25) is 0 Å². The van der Waals surface area contributed by atoms with Gasteiger partial charge in [0.15, 0.2) is 0 Å². The SMILES string of the molecule is COc1cc(OC)cc(C(Cl)c2cc(C)ccc2OC)c1. The van der Waals surface area contributed by atoms with Crippen LogP contribution in [0.5, 0.6) is 17.2 Å². The van der Waals surface area contributed by atoms with Crippen LogP contribution in [0.15, 0.2) is 36.4 Å². The predicted molar refractivity (Wildman–Crippen MR) is 85.0 cm³/mol. The summed E-state index contributed by atoms with van der Waals surface area (Å²) in [5.41, 5.74) is 2.96. The number of hydrogen-bond acceptors (Lipinski definition) is 3. The summed E-state index contributed by atoms with van der Waals surface area (Å²) in [4.78, 5) is 0. The first-order valence-corrected chi connectivity index (χ1v) is 7.04. The Labute approximate surface area is 130 Å². The number of alkyl halides is 1. The van der Waals surface area contributed by atoms with Crippen LogP contribution in [0.4, 0.5) is 0 Å². The van der Waals surface area contributed by atoms with Gasteiger partial charge in [-0.2, -0.15) is 0 Å². The Morgan fingerprint density at radius 3 is 2.00 bits per heavy atom. The monoisotopic (exact) mass is 306 g/mol. The Bertz CT molecular complexity index is 603. The Morgan fingerprint density at radius 1 is 0.857 bits per heavy atom. The van der Waals surface area contributed by atoms with Gasteiger partial charge in [-0.05, 0) is 30.7 Å². The topological polar surface area (TPSA) is 27.7 Å². The standard InChI is InChI=1S/C17H19ClO3/c1-11-5-6-16(21-4)15(7-11)17(18)12-8-13(19-2)10-14(9-12)20-3/h5-10,17H,1-4H3. The van der Waals surface area contributed by atoms with E-state index in [-0.39, 0.29) is 5.38 Å². The number of methoxy groups -OCH3 is 3. The summed E-state index contributed by atoms with van der Waals surface area (Å²) >= 11 is 6.65. The van der Waals surface area contributed by atoms with E-state index in [0.717, 1.165) is 22.4 Å². The molecule has 2 aromatic rings. The molecule has 2 rings (SSSR count). The van der Waals surface area contributed by atoms with Crippen LogP contribution < -0.4 is 14.2 Å². The molecule has 0 aliphatic carbocycles. The molecule has 0 aliphatic heterocycles. The molecule has 0 bridgehead atoms. The summed E-state index contributed by atoms with van der Waals surface area (Å²) in [5, 5.41) is -0.344. The van der Waals surface area contributed by atoms with Crippen molar-refractivity contribution in [3.8, 4) is 17.2 Å². The van der Waals surface area contributed by atoms with E-state index in [1.165, 1.54) is 0 Å². The van der Waals surface area contributed by atoms with Gasteiger partial charge in [0.05, 0.1) is 26.7 Å². The van der Waals surface area contributed by atoms with Crippen LogP contribution >= 0.6 is 11.6 Å². The van der Waals surface area contributed by atoms with Gasteiger partial charge < -0.3 is 14.2 Å². The molecule has 1 atom stereocenters. The van der Waals surface area contributed by atoms with Crippen molar-refractivity contribution < 1.29 is 14.2 Å².